The predicted octanol–water partition coefficient (Wildman–Crippen LogP) is -2.27. The molecule has 0 aromatic rings. The molecule has 3 atom stereocenters. The molecule has 0 saturated carbocycles. The number of carbonyl (C=O) groups is 5. The first-order valence-electron chi connectivity index (χ1n) is 7.65. The summed E-state index contributed by atoms with van der Waals surface area (Å²) in [7, 11) is 0. The lowest BCUT2D eigenvalue weighted by Crippen LogP contribution is -2.53. The number of hydrogen-bond acceptors (Lipinski definition) is 7. The number of thioether (sulfide) groups is 1. The van der Waals surface area contributed by atoms with E-state index in [4.69, 9.17) is 15.9 Å². The van der Waals surface area contributed by atoms with Crippen LogP contribution in [0, 0.1) is 0 Å². The SMILES string of the molecule is CSCCC(NC(=O)C(N)CC(=O)O)C(=O)NCC(=O)NC(C)C(=O)O. The van der Waals surface area contributed by atoms with Gasteiger partial charge >= 0.3 is 11.9 Å². The number of rotatable bonds is 12. The first-order chi connectivity index (χ1) is 12.1. The highest BCUT2D eigenvalue weighted by Gasteiger charge is 2.25. The Bertz CT molecular complexity index is 543. The van der Waals surface area contributed by atoms with Crippen LogP contribution in [0.15, 0.2) is 0 Å². The monoisotopic (exact) mass is 392 g/mol. The summed E-state index contributed by atoms with van der Waals surface area (Å²) >= 11 is 1.43. The number of amides is 3. The van der Waals surface area contributed by atoms with Crippen LogP contribution < -0.4 is 21.7 Å². The Morgan fingerprint density at radius 3 is 2.19 bits per heavy atom. The normalized spacial score (nSPS) is 13.8. The highest BCUT2D eigenvalue weighted by molar-refractivity contribution is 7.98. The number of hydrogen-bond donors (Lipinski definition) is 6. The molecule has 0 aromatic carbocycles. The topological polar surface area (TPSA) is 188 Å². The molecular formula is C14H24N4O7S. The molecule has 0 saturated heterocycles. The van der Waals surface area contributed by atoms with Gasteiger partial charge in [-0.3, -0.25) is 24.0 Å². The van der Waals surface area contributed by atoms with Gasteiger partial charge in [0.15, 0.2) is 0 Å². The van der Waals surface area contributed by atoms with Crippen LogP contribution in [0.25, 0.3) is 0 Å². The van der Waals surface area contributed by atoms with E-state index in [9.17, 15) is 24.0 Å². The Kier molecular flexibility index (Phi) is 11.0. The number of aliphatic carboxylic acids is 2. The van der Waals surface area contributed by atoms with Crippen molar-refractivity contribution in [2.45, 2.75) is 37.9 Å². The van der Waals surface area contributed by atoms with E-state index in [1.807, 2.05) is 0 Å². The summed E-state index contributed by atoms with van der Waals surface area (Å²) in [6.45, 7) is 0.802. The lowest BCUT2D eigenvalue weighted by Gasteiger charge is -2.20. The highest BCUT2D eigenvalue weighted by Crippen LogP contribution is 2.02. The van der Waals surface area contributed by atoms with Gasteiger partial charge in [-0.25, -0.2) is 0 Å². The molecule has 0 fully saturated rings. The van der Waals surface area contributed by atoms with Crippen molar-refractivity contribution in [3.05, 3.63) is 0 Å². The van der Waals surface area contributed by atoms with Gasteiger partial charge in [0.25, 0.3) is 0 Å². The van der Waals surface area contributed by atoms with Gasteiger partial charge in [-0.2, -0.15) is 11.8 Å². The van der Waals surface area contributed by atoms with Crippen molar-refractivity contribution in [2.75, 3.05) is 18.6 Å². The molecule has 0 aliphatic heterocycles. The van der Waals surface area contributed by atoms with Crippen LogP contribution in [-0.2, 0) is 24.0 Å². The number of nitrogens with two attached hydrogens (primary N) is 1. The number of carboxylic acid groups (broad SMARTS) is 2. The maximum absolute atomic E-state index is 12.2. The maximum Gasteiger partial charge on any atom is 0.325 e. The quantitative estimate of drug-likeness (QED) is 0.213. The Labute approximate surface area is 154 Å². The van der Waals surface area contributed by atoms with Crippen molar-refractivity contribution >= 4 is 41.4 Å². The maximum atomic E-state index is 12.2. The van der Waals surface area contributed by atoms with Crippen LogP contribution in [0.1, 0.15) is 19.8 Å². The summed E-state index contributed by atoms with van der Waals surface area (Å²) in [5.74, 6) is -4.10. The van der Waals surface area contributed by atoms with Gasteiger partial charge in [0, 0.05) is 0 Å². The van der Waals surface area contributed by atoms with Crippen LogP contribution in [0.4, 0.5) is 0 Å². The minimum atomic E-state index is -1.31. The highest BCUT2D eigenvalue weighted by atomic mass is 32.2. The van der Waals surface area contributed by atoms with E-state index in [1.165, 1.54) is 18.7 Å². The molecule has 11 nitrogen and oxygen atoms in total. The Morgan fingerprint density at radius 2 is 1.69 bits per heavy atom. The van der Waals surface area contributed by atoms with E-state index in [2.05, 4.69) is 16.0 Å². The van der Waals surface area contributed by atoms with Gasteiger partial charge < -0.3 is 31.9 Å². The summed E-state index contributed by atoms with van der Waals surface area (Å²) < 4.78 is 0. The van der Waals surface area contributed by atoms with Gasteiger partial charge in [-0.15, -0.1) is 0 Å². The summed E-state index contributed by atoms with van der Waals surface area (Å²) in [5.41, 5.74) is 5.45. The van der Waals surface area contributed by atoms with E-state index >= 15 is 0 Å². The summed E-state index contributed by atoms with van der Waals surface area (Å²) in [4.78, 5) is 56.9. The molecule has 0 aliphatic rings. The largest absolute Gasteiger partial charge is 0.481 e. The van der Waals surface area contributed by atoms with Crippen LogP contribution in [0.2, 0.25) is 0 Å². The third-order valence-corrected chi connectivity index (χ3v) is 3.79. The second kappa shape index (κ2) is 12.1. The van der Waals surface area contributed by atoms with Crippen molar-refractivity contribution < 1.29 is 34.2 Å². The summed E-state index contributed by atoms with van der Waals surface area (Å²) in [6, 6.07) is -3.42. The van der Waals surface area contributed by atoms with E-state index < -0.39 is 60.8 Å². The van der Waals surface area contributed by atoms with Gasteiger partial charge in [-0.1, -0.05) is 0 Å². The third kappa shape index (κ3) is 9.84. The molecule has 7 N–H and O–H groups in total. The van der Waals surface area contributed by atoms with Gasteiger partial charge in [0.2, 0.25) is 17.7 Å². The Balaban J connectivity index is 4.68. The second-order valence-corrected chi connectivity index (χ2v) is 6.38. The first kappa shape index (κ1) is 23.7. The lowest BCUT2D eigenvalue weighted by atomic mass is 10.1. The summed E-state index contributed by atoms with van der Waals surface area (Å²) in [5, 5.41) is 24.2. The number of carboxylic acids is 2. The number of nitrogens with one attached hydrogen (secondary N) is 3. The lowest BCUT2D eigenvalue weighted by molar-refractivity contribution is -0.141. The van der Waals surface area contributed by atoms with Crippen molar-refractivity contribution in [3.8, 4) is 0 Å². The Morgan fingerprint density at radius 1 is 1.08 bits per heavy atom. The Hall–Kier alpha value is -2.34. The fourth-order valence-corrected chi connectivity index (χ4v) is 2.18. The molecule has 12 heteroatoms. The molecule has 3 amide bonds. The van der Waals surface area contributed by atoms with Crippen molar-refractivity contribution in [3.63, 3.8) is 0 Å². The van der Waals surface area contributed by atoms with Crippen LogP contribution in [0.3, 0.4) is 0 Å². The van der Waals surface area contributed by atoms with E-state index in [-0.39, 0.29) is 6.42 Å². The second-order valence-electron chi connectivity index (χ2n) is 5.39. The van der Waals surface area contributed by atoms with E-state index in [0.29, 0.717) is 5.75 Å². The zero-order valence-electron chi connectivity index (χ0n) is 14.5. The third-order valence-electron chi connectivity index (χ3n) is 3.15. The zero-order chi connectivity index (χ0) is 20.3. The van der Waals surface area contributed by atoms with E-state index in [0.717, 1.165) is 0 Å². The van der Waals surface area contributed by atoms with Crippen molar-refractivity contribution in [1.29, 1.82) is 0 Å². The predicted molar refractivity (Wildman–Crippen MR) is 93.4 cm³/mol. The molecule has 0 radical (unpaired) electrons. The minimum absolute atomic E-state index is 0.242. The molecule has 0 aliphatic carbocycles. The molecule has 0 heterocycles. The molecule has 26 heavy (non-hydrogen) atoms. The molecule has 148 valence electrons. The molecule has 0 rings (SSSR count). The minimum Gasteiger partial charge on any atom is -0.481 e. The zero-order valence-corrected chi connectivity index (χ0v) is 15.3. The number of carbonyl (C=O) groups excluding carboxylic acids is 3. The average molecular weight is 392 g/mol. The molecule has 3 unspecified atom stereocenters. The van der Waals surface area contributed by atoms with Crippen LogP contribution in [-0.4, -0.2) is 76.6 Å². The van der Waals surface area contributed by atoms with Gasteiger partial charge in [0.05, 0.1) is 19.0 Å². The van der Waals surface area contributed by atoms with E-state index in [1.54, 1.807) is 6.26 Å². The molecule has 0 spiro atoms. The molecular weight excluding hydrogens is 368 g/mol. The first-order valence-corrected chi connectivity index (χ1v) is 9.04. The standard InChI is InChI=1S/C14H24N4O7S/c1-7(14(24)25)17-10(19)6-16-13(23)9(3-4-26-2)18-12(22)8(15)5-11(20)21/h7-9H,3-6,15H2,1-2H3,(H,16,23)(H,17,19)(H,18,22)(H,20,21)(H,24,25). The molecule has 0 bridgehead atoms. The average Bonchev–Trinajstić information content (AvgIpc) is 2.55. The fraction of sp³-hybridized carbons (Fsp3) is 0.643. The fourth-order valence-electron chi connectivity index (χ4n) is 1.71. The smallest absolute Gasteiger partial charge is 0.325 e. The van der Waals surface area contributed by atoms with Crippen LogP contribution in [0.5, 0.6) is 0 Å². The van der Waals surface area contributed by atoms with Gasteiger partial charge in [0.1, 0.15) is 12.1 Å². The van der Waals surface area contributed by atoms with Gasteiger partial charge in [-0.05, 0) is 25.4 Å². The van der Waals surface area contributed by atoms with Crippen LogP contribution >= 0.6 is 11.8 Å². The van der Waals surface area contributed by atoms with Crippen molar-refractivity contribution in [1.82, 2.24) is 16.0 Å². The molecule has 0 aromatic heterocycles. The summed E-state index contributed by atoms with van der Waals surface area (Å²) in [6.07, 6.45) is 1.46. The van der Waals surface area contributed by atoms with Crippen molar-refractivity contribution in [2.24, 2.45) is 5.73 Å².